The van der Waals surface area contributed by atoms with Gasteiger partial charge in [-0.15, -0.1) is 0 Å². The fraction of sp³-hybridized carbons (Fsp3) is 0.727. The van der Waals surface area contributed by atoms with E-state index in [9.17, 15) is 25.2 Å². The monoisotopic (exact) mass is 549 g/mol. The third-order valence-electron chi connectivity index (χ3n) is 6.73. The highest BCUT2D eigenvalue weighted by Gasteiger charge is 2.28. The molecule has 39 heavy (non-hydrogen) atoms. The van der Waals surface area contributed by atoms with Gasteiger partial charge in [0.25, 0.3) is 0 Å². The van der Waals surface area contributed by atoms with Gasteiger partial charge in [-0.2, -0.15) is 0 Å². The van der Waals surface area contributed by atoms with Crippen LogP contribution in [-0.2, 0) is 4.79 Å². The van der Waals surface area contributed by atoms with E-state index in [0.717, 1.165) is 44.9 Å². The van der Waals surface area contributed by atoms with Crippen molar-refractivity contribution < 1.29 is 25.2 Å². The van der Waals surface area contributed by atoms with Gasteiger partial charge in [-0.3, -0.25) is 4.79 Å². The van der Waals surface area contributed by atoms with Crippen LogP contribution >= 0.6 is 0 Å². The first-order valence-corrected chi connectivity index (χ1v) is 15.5. The quantitative estimate of drug-likeness (QED) is 0.0630. The van der Waals surface area contributed by atoms with Crippen LogP contribution in [0, 0.1) is 0 Å². The van der Waals surface area contributed by atoms with Crippen LogP contribution in [0.3, 0.4) is 0 Å². The molecule has 226 valence electrons. The van der Waals surface area contributed by atoms with Gasteiger partial charge >= 0.3 is 0 Å². The van der Waals surface area contributed by atoms with E-state index in [1.54, 1.807) is 0 Å². The standard InChI is InChI=1S/C33H59NO5/c1-3-5-7-9-11-13-14-15-16-17-18-19-21-22-24-26-30(36)32(38)29(28-35)34-33(39)31(37)27-25-23-20-12-10-8-6-4-2/h9,11,15-16,19-21,23,29-32,35-38H,3-8,10,12-14,17-18,22,24-28H2,1-2H3,(H,34,39)/b11-9+,16-15+,21-19+,23-20-. The summed E-state index contributed by atoms with van der Waals surface area (Å²) in [6, 6.07) is -1.02. The van der Waals surface area contributed by atoms with Crippen molar-refractivity contribution in [2.24, 2.45) is 0 Å². The second-order valence-corrected chi connectivity index (χ2v) is 10.4. The normalized spacial score (nSPS) is 15.5. The summed E-state index contributed by atoms with van der Waals surface area (Å²) in [6.07, 6.45) is 30.1. The molecule has 0 aliphatic rings. The molecule has 0 spiro atoms. The molecule has 0 radical (unpaired) electrons. The van der Waals surface area contributed by atoms with Gasteiger partial charge in [0, 0.05) is 0 Å². The minimum Gasteiger partial charge on any atom is -0.394 e. The summed E-state index contributed by atoms with van der Waals surface area (Å²) in [6.45, 7) is 3.87. The number of nitrogens with one attached hydrogen (secondary N) is 1. The molecule has 0 aliphatic carbocycles. The van der Waals surface area contributed by atoms with Crippen molar-refractivity contribution >= 4 is 5.91 Å². The molecule has 0 saturated carbocycles. The van der Waals surface area contributed by atoms with Crippen molar-refractivity contribution in [3.8, 4) is 0 Å². The SMILES string of the molecule is CCCC/C=C/CC/C=C/CC/C=C/CCCC(O)C(O)C(CO)NC(=O)C(O)CC/C=C\CCCCCC. The predicted octanol–water partition coefficient (Wildman–Crippen LogP) is 6.44. The first kappa shape index (κ1) is 37.3. The molecule has 0 saturated heterocycles. The number of hydrogen-bond donors (Lipinski definition) is 5. The summed E-state index contributed by atoms with van der Waals surface area (Å²) in [4.78, 5) is 12.3. The molecule has 0 aliphatic heterocycles. The molecule has 0 aromatic heterocycles. The molecule has 0 bridgehead atoms. The van der Waals surface area contributed by atoms with E-state index in [2.05, 4.69) is 61.7 Å². The number of rotatable bonds is 26. The summed E-state index contributed by atoms with van der Waals surface area (Å²) in [5, 5.41) is 43.0. The third-order valence-corrected chi connectivity index (χ3v) is 6.73. The smallest absolute Gasteiger partial charge is 0.249 e. The lowest BCUT2D eigenvalue weighted by molar-refractivity contribution is -0.132. The van der Waals surface area contributed by atoms with Gasteiger partial charge in [-0.25, -0.2) is 0 Å². The lowest BCUT2D eigenvalue weighted by Gasteiger charge is -2.27. The number of carbonyl (C=O) groups excluding carboxylic acids is 1. The molecule has 6 nitrogen and oxygen atoms in total. The number of hydrogen-bond acceptors (Lipinski definition) is 5. The van der Waals surface area contributed by atoms with E-state index in [0.29, 0.717) is 19.3 Å². The number of allylic oxidation sites excluding steroid dienone is 8. The number of amides is 1. The van der Waals surface area contributed by atoms with Gasteiger partial charge < -0.3 is 25.7 Å². The fourth-order valence-corrected chi connectivity index (χ4v) is 4.13. The van der Waals surface area contributed by atoms with E-state index in [-0.39, 0.29) is 6.42 Å². The first-order chi connectivity index (χ1) is 19.0. The lowest BCUT2D eigenvalue weighted by Crippen LogP contribution is -2.53. The van der Waals surface area contributed by atoms with E-state index in [1.165, 1.54) is 38.5 Å². The van der Waals surface area contributed by atoms with Gasteiger partial charge in [-0.1, -0.05) is 94.6 Å². The molecule has 0 fully saturated rings. The molecular weight excluding hydrogens is 490 g/mol. The average Bonchev–Trinajstić information content (AvgIpc) is 2.94. The Morgan fingerprint density at radius 3 is 1.64 bits per heavy atom. The molecule has 4 unspecified atom stereocenters. The van der Waals surface area contributed by atoms with Crippen molar-refractivity contribution in [2.45, 2.75) is 147 Å². The Morgan fingerprint density at radius 2 is 1.10 bits per heavy atom. The van der Waals surface area contributed by atoms with Crippen LogP contribution in [0.4, 0.5) is 0 Å². The lowest BCUT2D eigenvalue weighted by atomic mass is 10.0. The Morgan fingerprint density at radius 1 is 0.615 bits per heavy atom. The maximum atomic E-state index is 12.3. The highest BCUT2D eigenvalue weighted by molar-refractivity contribution is 5.80. The highest BCUT2D eigenvalue weighted by atomic mass is 16.3. The summed E-state index contributed by atoms with van der Waals surface area (Å²) < 4.78 is 0. The number of aliphatic hydroxyl groups excluding tert-OH is 4. The molecular formula is C33H59NO5. The zero-order chi connectivity index (χ0) is 29.0. The minimum absolute atomic E-state index is 0.271. The molecule has 0 aromatic carbocycles. The number of unbranched alkanes of at least 4 members (excludes halogenated alkanes) is 9. The van der Waals surface area contributed by atoms with Gasteiger partial charge in [-0.05, 0) is 77.0 Å². The summed E-state index contributed by atoms with van der Waals surface area (Å²) in [5.41, 5.74) is 0. The molecule has 0 aromatic rings. The highest BCUT2D eigenvalue weighted by Crippen LogP contribution is 2.11. The topological polar surface area (TPSA) is 110 Å². The van der Waals surface area contributed by atoms with Gasteiger partial charge in [0.1, 0.15) is 12.2 Å². The molecule has 6 heteroatoms. The Labute approximate surface area is 239 Å². The average molecular weight is 550 g/mol. The van der Waals surface area contributed by atoms with E-state index in [4.69, 9.17) is 0 Å². The Bertz CT molecular complexity index is 673. The molecule has 5 N–H and O–H groups in total. The summed E-state index contributed by atoms with van der Waals surface area (Å²) >= 11 is 0. The third kappa shape index (κ3) is 22.8. The van der Waals surface area contributed by atoms with Crippen LogP contribution in [0.5, 0.6) is 0 Å². The predicted molar refractivity (Wildman–Crippen MR) is 163 cm³/mol. The van der Waals surface area contributed by atoms with Crippen LogP contribution in [0.25, 0.3) is 0 Å². The van der Waals surface area contributed by atoms with Gasteiger partial charge in [0.2, 0.25) is 5.91 Å². The largest absolute Gasteiger partial charge is 0.394 e. The molecule has 4 atom stereocenters. The maximum absolute atomic E-state index is 12.3. The molecule has 0 heterocycles. The summed E-state index contributed by atoms with van der Waals surface area (Å²) in [5.74, 6) is -0.642. The van der Waals surface area contributed by atoms with Crippen LogP contribution in [0.1, 0.15) is 123 Å². The Hall–Kier alpha value is -1.73. The summed E-state index contributed by atoms with van der Waals surface area (Å²) in [7, 11) is 0. The van der Waals surface area contributed by atoms with Crippen LogP contribution < -0.4 is 5.32 Å². The van der Waals surface area contributed by atoms with Crippen molar-refractivity contribution in [3.63, 3.8) is 0 Å². The second kappa shape index (κ2) is 27.8. The van der Waals surface area contributed by atoms with Crippen molar-refractivity contribution in [1.82, 2.24) is 5.32 Å². The molecule has 0 rings (SSSR count). The van der Waals surface area contributed by atoms with Crippen molar-refractivity contribution in [1.29, 1.82) is 0 Å². The van der Waals surface area contributed by atoms with Crippen LogP contribution in [0.2, 0.25) is 0 Å². The van der Waals surface area contributed by atoms with E-state index in [1.807, 2.05) is 6.08 Å². The van der Waals surface area contributed by atoms with Crippen molar-refractivity contribution in [3.05, 3.63) is 48.6 Å². The minimum atomic E-state index is -1.30. The first-order valence-electron chi connectivity index (χ1n) is 15.5. The zero-order valence-corrected chi connectivity index (χ0v) is 24.9. The Kier molecular flexibility index (Phi) is 26.6. The maximum Gasteiger partial charge on any atom is 0.249 e. The van der Waals surface area contributed by atoms with Gasteiger partial charge in [0.05, 0.1) is 18.8 Å². The zero-order valence-electron chi connectivity index (χ0n) is 24.9. The van der Waals surface area contributed by atoms with Gasteiger partial charge in [0.15, 0.2) is 0 Å². The molecule has 1 amide bonds. The van der Waals surface area contributed by atoms with E-state index < -0.39 is 36.9 Å². The van der Waals surface area contributed by atoms with E-state index >= 15 is 0 Å². The number of aliphatic hydroxyl groups is 4. The van der Waals surface area contributed by atoms with Crippen LogP contribution in [0.15, 0.2) is 48.6 Å². The second-order valence-electron chi connectivity index (χ2n) is 10.4. The van der Waals surface area contributed by atoms with Crippen LogP contribution in [-0.4, -0.2) is 57.3 Å². The fourth-order valence-electron chi connectivity index (χ4n) is 4.13. The van der Waals surface area contributed by atoms with Crippen molar-refractivity contribution in [2.75, 3.05) is 6.61 Å². The number of carbonyl (C=O) groups is 1. The Balaban J connectivity index is 4.05.